The second kappa shape index (κ2) is 5.99. The third-order valence-electron chi connectivity index (χ3n) is 2.71. The molecule has 1 aromatic rings. The van der Waals surface area contributed by atoms with Gasteiger partial charge >= 0.3 is 5.69 Å². The number of H-pyrrole nitrogens is 1. The van der Waals surface area contributed by atoms with Crippen molar-refractivity contribution in [1.29, 1.82) is 0 Å². The fraction of sp³-hybridized carbons (Fsp3) is 0.545. The van der Waals surface area contributed by atoms with Crippen LogP contribution >= 0.6 is 15.9 Å². The molecule has 18 heavy (non-hydrogen) atoms. The average molecular weight is 318 g/mol. The van der Waals surface area contributed by atoms with Gasteiger partial charge in [-0.05, 0) is 28.8 Å². The molecule has 0 fully saturated rings. The molecule has 7 heteroatoms. The lowest BCUT2D eigenvalue weighted by Crippen LogP contribution is -2.44. The van der Waals surface area contributed by atoms with Gasteiger partial charge in [0.2, 0.25) is 5.91 Å². The first kappa shape index (κ1) is 14.7. The highest BCUT2D eigenvalue weighted by atomic mass is 79.9. The zero-order chi connectivity index (χ0) is 13.9. The summed E-state index contributed by atoms with van der Waals surface area (Å²) < 4.78 is 1.07. The van der Waals surface area contributed by atoms with E-state index in [-0.39, 0.29) is 28.9 Å². The Balaban J connectivity index is 2.86. The van der Waals surface area contributed by atoms with Crippen molar-refractivity contribution in [3.05, 3.63) is 31.5 Å². The number of amides is 1. The first-order valence-corrected chi connectivity index (χ1v) is 6.39. The maximum absolute atomic E-state index is 11.7. The Kier molecular flexibility index (Phi) is 4.89. The Morgan fingerprint density at radius 3 is 2.61 bits per heavy atom. The number of halogens is 1. The summed E-state index contributed by atoms with van der Waals surface area (Å²) in [6.07, 6.45) is 1.26. The van der Waals surface area contributed by atoms with Gasteiger partial charge in [0.15, 0.2) is 0 Å². The molecule has 1 unspecified atom stereocenters. The molecule has 0 bridgehead atoms. The lowest BCUT2D eigenvalue weighted by Gasteiger charge is -2.17. The summed E-state index contributed by atoms with van der Waals surface area (Å²) in [4.78, 5) is 37.2. The number of hydrogen-bond acceptors (Lipinski definition) is 3. The lowest BCUT2D eigenvalue weighted by molar-refractivity contribution is -0.122. The predicted octanol–water partition coefficient (Wildman–Crippen LogP) is 0.460. The van der Waals surface area contributed by atoms with Gasteiger partial charge in [-0.3, -0.25) is 9.59 Å². The van der Waals surface area contributed by atoms with Crippen molar-refractivity contribution >= 4 is 21.8 Å². The van der Waals surface area contributed by atoms with Gasteiger partial charge in [0.05, 0.1) is 4.47 Å². The maximum atomic E-state index is 11.7. The first-order chi connectivity index (χ1) is 8.32. The molecule has 0 aliphatic heterocycles. The van der Waals surface area contributed by atoms with Crippen LogP contribution in [0.4, 0.5) is 0 Å². The minimum absolute atomic E-state index is 0.0144. The third-order valence-corrected chi connectivity index (χ3v) is 3.28. The standard InChI is InChI=1S/C11H16BrN3O3/c1-6(2)7(3)14-9(16)5-15-10(17)8(12)4-13-11(15)18/h4,6-7H,5H2,1-3H3,(H,13,18)(H,14,16). The molecule has 0 spiro atoms. The topological polar surface area (TPSA) is 84.0 Å². The van der Waals surface area contributed by atoms with Crippen molar-refractivity contribution in [3.63, 3.8) is 0 Å². The van der Waals surface area contributed by atoms with E-state index in [1.165, 1.54) is 6.20 Å². The molecular formula is C11H16BrN3O3. The highest BCUT2D eigenvalue weighted by molar-refractivity contribution is 9.10. The summed E-state index contributed by atoms with van der Waals surface area (Å²) >= 11 is 3.01. The monoisotopic (exact) mass is 317 g/mol. The van der Waals surface area contributed by atoms with Crippen LogP contribution in [0.15, 0.2) is 20.3 Å². The summed E-state index contributed by atoms with van der Waals surface area (Å²) in [5, 5.41) is 2.73. The van der Waals surface area contributed by atoms with Crippen molar-refractivity contribution < 1.29 is 4.79 Å². The molecule has 0 aliphatic rings. The summed E-state index contributed by atoms with van der Waals surface area (Å²) in [6, 6.07) is -0.0144. The van der Waals surface area contributed by atoms with E-state index in [4.69, 9.17) is 0 Å². The molecule has 1 atom stereocenters. The van der Waals surface area contributed by atoms with Crippen molar-refractivity contribution in [2.75, 3.05) is 0 Å². The van der Waals surface area contributed by atoms with Crippen molar-refractivity contribution in [2.45, 2.75) is 33.4 Å². The molecule has 1 amide bonds. The van der Waals surface area contributed by atoms with Gasteiger partial charge in [0.25, 0.3) is 5.56 Å². The van der Waals surface area contributed by atoms with Crippen LogP contribution in [0.2, 0.25) is 0 Å². The van der Waals surface area contributed by atoms with Gasteiger partial charge in [0, 0.05) is 12.2 Å². The zero-order valence-electron chi connectivity index (χ0n) is 10.5. The van der Waals surface area contributed by atoms with Crippen LogP contribution in [0, 0.1) is 5.92 Å². The Morgan fingerprint density at radius 1 is 1.44 bits per heavy atom. The van der Waals surface area contributed by atoms with E-state index in [0.29, 0.717) is 0 Å². The van der Waals surface area contributed by atoms with Crippen LogP contribution in [0.25, 0.3) is 0 Å². The molecule has 1 aromatic heterocycles. The number of aromatic nitrogens is 2. The molecule has 0 aromatic carbocycles. The minimum atomic E-state index is -0.601. The summed E-state index contributed by atoms with van der Waals surface area (Å²) in [5.41, 5.74) is -1.12. The Labute approximate surface area is 113 Å². The molecule has 0 aliphatic carbocycles. The van der Waals surface area contributed by atoms with Gasteiger partial charge in [-0.2, -0.15) is 0 Å². The SMILES string of the molecule is CC(C)C(C)NC(=O)Cn1c(=O)[nH]cc(Br)c1=O. The quantitative estimate of drug-likeness (QED) is 0.846. The van der Waals surface area contributed by atoms with E-state index in [1.54, 1.807) is 0 Å². The number of carbonyl (C=O) groups is 1. The predicted molar refractivity (Wildman–Crippen MR) is 71.5 cm³/mol. The van der Waals surface area contributed by atoms with Gasteiger partial charge < -0.3 is 10.3 Å². The fourth-order valence-corrected chi connectivity index (χ4v) is 1.57. The van der Waals surface area contributed by atoms with Crippen LogP contribution in [-0.2, 0) is 11.3 Å². The lowest BCUT2D eigenvalue weighted by atomic mass is 10.1. The number of carbonyl (C=O) groups excluding carboxylic acids is 1. The van der Waals surface area contributed by atoms with Gasteiger partial charge in [-0.1, -0.05) is 13.8 Å². The van der Waals surface area contributed by atoms with Gasteiger partial charge in [0.1, 0.15) is 6.54 Å². The number of hydrogen-bond donors (Lipinski definition) is 2. The first-order valence-electron chi connectivity index (χ1n) is 5.60. The van der Waals surface area contributed by atoms with Crippen molar-refractivity contribution in [3.8, 4) is 0 Å². The number of nitrogens with zero attached hydrogens (tertiary/aromatic N) is 1. The second-order valence-electron chi connectivity index (χ2n) is 4.43. The molecular weight excluding hydrogens is 302 g/mol. The molecule has 0 saturated carbocycles. The summed E-state index contributed by atoms with van der Waals surface area (Å²) in [5.74, 6) is -0.0756. The fourth-order valence-electron chi connectivity index (χ4n) is 1.24. The van der Waals surface area contributed by atoms with E-state index in [2.05, 4.69) is 26.2 Å². The normalized spacial score (nSPS) is 12.5. The minimum Gasteiger partial charge on any atom is -0.352 e. The number of aromatic amines is 1. The molecule has 6 nitrogen and oxygen atoms in total. The van der Waals surface area contributed by atoms with Crippen molar-refractivity contribution in [1.82, 2.24) is 14.9 Å². The van der Waals surface area contributed by atoms with Gasteiger partial charge in [-0.15, -0.1) is 0 Å². The van der Waals surface area contributed by atoms with Crippen LogP contribution in [0.3, 0.4) is 0 Å². The molecule has 2 N–H and O–H groups in total. The van der Waals surface area contributed by atoms with E-state index < -0.39 is 11.2 Å². The summed E-state index contributed by atoms with van der Waals surface area (Å²) in [6.45, 7) is 5.53. The largest absolute Gasteiger partial charge is 0.352 e. The maximum Gasteiger partial charge on any atom is 0.328 e. The van der Waals surface area contributed by atoms with Crippen LogP contribution in [0.5, 0.6) is 0 Å². The van der Waals surface area contributed by atoms with E-state index >= 15 is 0 Å². The van der Waals surface area contributed by atoms with Crippen LogP contribution in [-0.4, -0.2) is 21.5 Å². The second-order valence-corrected chi connectivity index (χ2v) is 5.29. The summed E-state index contributed by atoms with van der Waals surface area (Å²) in [7, 11) is 0. The third kappa shape index (κ3) is 3.56. The van der Waals surface area contributed by atoms with E-state index in [9.17, 15) is 14.4 Å². The van der Waals surface area contributed by atoms with E-state index in [0.717, 1.165) is 4.57 Å². The average Bonchev–Trinajstić information content (AvgIpc) is 2.29. The Hall–Kier alpha value is -1.37. The molecule has 0 saturated heterocycles. The molecule has 0 radical (unpaired) electrons. The Bertz CT molecular complexity index is 547. The molecule has 1 heterocycles. The van der Waals surface area contributed by atoms with Gasteiger partial charge in [-0.25, -0.2) is 9.36 Å². The molecule has 100 valence electrons. The van der Waals surface area contributed by atoms with Crippen LogP contribution in [0.1, 0.15) is 20.8 Å². The van der Waals surface area contributed by atoms with Crippen molar-refractivity contribution in [2.24, 2.45) is 5.92 Å². The molecule has 1 rings (SSSR count). The Morgan fingerprint density at radius 2 is 2.06 bits per heavy atom. The number of rotatable bonds is 4. The van der Waals surface area contributed by atoms with E-state index in [1.807, 2.05) is 20.8 Å². The smallest absolute Gasteiger partial charge is 0.328 e. The van der Waals surface area contributed by atoms with Crippen LogP contribution < -0.4 is 16.6 Å². The highest BCUT2D eigenvalue weighted by Gasteiger charge is 2.13. The highest BCUT2D eigenvalue weighted by Crippen LogP contribution is 1.99. The zero-order valence-corrected chi connectivity index (χ0v) is 12.1. The number of nitrogens with one attached hydrogen (secondary N) is 2.